The first kappa shape index (κ1) is 11.3. The van der Waals surface area contributed by atoms with Crippen LogP contribution in [0.2, 0.25) is 5.15 Å². The number of hydrogen-bond donors (Lipinski definition) is 0. The van der Waals surface area contributed by atoms with Gasteiger partial charge in [0, 0.05) is 18.4 Å². The number of rotatable bonds is 1. The van der Waals surface area contributed by atoms with E-state index in [1.165, 1.54) is 31.4 Å². The fraction of sp³-hybridized carbons (Fsp3) is 0.615. The fourth-order valence-corrected chi connectivity index (χ4v) is 3.16. The SMILES string of the molecule is Clc1cc(N2CCOC3CCCCC32)ccn1. The molecular weight excluding hydrogens is 236 g/mol. The van der Waals surface area contributed by atoms with Gasteiger partial charge in [-0.1, -0.05) is 24.4 Å². The van der Waals surface area contributed by atoms with E-state index in [0.717, 1.165) is 13.2 Å². The summed E-state index contributed by atoms with van der Waals surface area (Å²) >= 11 is 5.97. The third-order valence-corrected chi connectivity index (χ3v) is 3.98. The third-order valence-electron chi connectivity index (χ3n) is 3.77. The van der Waals surface area contributed by atoms with Crippen LogP contribution in [0, 0.1) is 0 Å². The van der Waals surface area contributed by atoms with E-state index in [-0.39, 0.29) is 0 Å². The Kier molecular flexibility index (Phi) is 3.21. The number of fused-ring (bicyclic) bond motifs is 1. The molecular formula is C13H17ClN2O. The highest BCUT2D eigenvalue weighted by molar-refractivity contribution is 6.29. The van der Waals surface area contributed by atoms with Crippen LogP contribution in [0.1, 0.15) is 25.7 Å². The lowest BCUT2D eigenvalue weighted by atomic mass is 9.90. The van der Waals surface area contributed by atoms with Gasteiger partial charge in [-0.05, 0) is 25.0 Å². The van der Waals surface area contributed by atoms with Crippen molar-refractivity contribution in [3.8, 4) is 0 Å². The largest absolute Gasteiger partial charge is 0.374 e. The monoisotopic (exact) mass is 252 g/mol. The second-order valence-corrected chi connectivity index (χ2v) is 5.18. The van der Waals surface area contributed by atoms with Crippen molar-refractivity contribution in [2.45, 2.75) is 37.8 Å². The molecule has 2 heterocycles. The van der Waals surface area contributed by atoms with Gasteiger partial charge < -0.3 is 9.64 Å². The van der Waals surface area contributed by atoms with E-state index in [1.807, 2.05) is 12.1 Å². The summed E-state index contributed by atoms with van der Waals surface area (Å²) in [5.74, 6) is 0. The average Bonchev–Trinajstić information content (AvgIpc) is 2.38. The number of nitrogens with zero attached hydrogens (tertiary/aromatic N) is 2. The average molecular weight is 253 g/mol. The first-order valence-electron chi connectivity index (χ1n) is 6.34. The zero-order chi connectivity index (χ0) is 11.7. The molecule has 3 nitrogen and oxygen atoms in total. The van der Waals surface area contributed by atoms with Crippen molar-refractivity contribution in [1.29, 1.82) is 0 Å². The van der Waals surface area contributed by atoms with Crippen LogP contribution in [-0.2, 0) is 4.74 Å². The topological polar surface area (TPSA) is 25.4 Å². The van der Waals surface area contributed by atoms with Gasteiger partial charge in [0.2, 0.25) is 0 Å². The molecule has 3 rings (SSSR count). The quantitative estimate of drug-likeness (QED) is 0.719. The normalized spacial score (nSPS) is 28.9. The molecule has 0 amide bonds. The van der Waals surface area contributed by atoms with Crippen molar-refractivity contribution in [2.75, 3.05) is 18.1 Å². The Balaban J connectivity index is 1.85. The van der Waals surface area contributed by atoms with Gasteiger partial charge in [-0.25, -0.2) is 4.98 Å². The fourth-order valence-electron chi connectivity index (χ4n) is 2.99. The van der Waals surface area contributed by atoms with Crippen LogP contribution in [0.5, 0.6) is 0 Å². The maximum Gasteiger partial charge on any atom is 0.131 e. The lowest BCUT2D eigenvalue weighted by molar-refractivity contribution is -0.00868. The molecule has 0 bridgehead atoms. The Morgan fingerprint density at radius 2 is 2.24 bits per heavy atom. The van der Waals surface area contributed by atoms with Crippen molar-refractivity contribution < 1.29 is 4.74 Å². The molecule has 92 valence electrons. The highest BCUT2D eigenvalue weighted by atomic mass is 35.5. The number of morpholine rings is 1. The molecule has 2 atom stereocenters. The standard InChI is InChI=1S/C13H17ClN2O/c14-13-9-10(5-6-15-13)16-7-8-17-12-4-2-1-3-11(12)16/h5-6,9,11-12H,1-4,7-8H2. The van der Waals surface area contributed by atoms with Crippen LogP contribution in [-0.4, -0.2) is 30.3 Å². The second-order valence-electron chi connectivity index (χ2n) is 4.79. The molecule has 0 radical (unpaired) electrons. The predicted octanol–water partition coefficient (Wildman–Crippen LogP) is 2.88. The summed E-state index contributed by atoms with van der Waals surface area (Å²) in [7, 11) is 0. The molecule has 1 aromatic rings. The molecule has 1 aromatic heterocycles. The Hall–Kier alpha value is -0.800. The summed E-state index contributed by atoms with van der Waals surface area (Å²) in [5, 5.41) is 0.571. The number of aromatic nitrogens is 1. The van der Waals surface area contributed by atoms with Gasteiger partial charge in [-0.2, -0.15) is 0 Å². The molecule has 1 aliphatic carbocycles. The zero-order valence-electron chi connectivity index (χ0n) is 9.81. The molecule has 4 heteroatoms. The van der Waals surface area contributed by atoms with Crippen LogP contribution in [0.15, 0.2) is 18.3 Å². The van der Waals surface area contributed by atoms with Gasteiger partial charge in [-0.3, -0.25) is 0 Å². The van der Waals surface area contributed by atoms with E-state index in [4.69, 9.17) is 16.3 Å². The van der Waals surface area contributed by atoms with Crippen LogP contribution < -0.4 is 4.90 Å². The summed E-state index contributed by atoms with van der Waals surface area (Å²) in [6.07, 6.45) is 7.21. The highest BCUT2D eigenvalue weighted by Gasteiger charge is 2.34. The van der Waals surface area contributed by atoms with E-state index in [9.17, 15) is 0 Å². The van der Waals surface area contributed by atoms with E-state index in [0.29, 0.717) is 17.3 Å². The minimum absolute atomic E-state index is 0.407. The molecule has 2 fully saturated rings. The van der Waals surface area contributed by atoms with Crippen molar-refractivity contribution >= 4 is 17.3 Å². The predicted molar refractivity (Wildman–Crippen MR) is 68.6 cm³/mol. The van der Waals surface area contributed by atoms with E-state index < -0.39 is 0 Å². The first-order valence-corrected chi connectivity index (χ1v) is 6.72. The number of anilines is 1. The summed E-state index contributed by atoms with van der Waals surface area (Å²) in [6, 6.07) is 4.53. The Labute approximate surface area is 107 Å². The molecule has 1 saturated carbocycles. The van der Waals surface area contributed by atoms with Crippen molar-refractivity contribution in [3.63, 3.8) is 0 Å². The molecule has 0 N–H and O–H groups in total. The van der Waals surface area contributed by atoms with Crippen LogP contribution in [0.25, 0.3) is 0 Å². The van der Waals surface area contributed by atoms with Gasteiger partial charge >= 0.3 is 0 Å². The number of hydrogen-bond acceptors (Lipinski definition) is 3. The van der Waals surface area contributed by atoms with Crippen LogP contribution in [0.3, 0.4) is 0 Å². The van der Waals surface area contributed by atoms with Gasteiger partial charge in [0.15, 0.2) is 0 Å². The van der Waals surface area contributed by atoms with Crippen LogP contribution in [0.4, 0.5) is 5.69 Å². The Morgan fingerprint density at radius 3 is 3.12 bits per heavy atom. The molecule has 2 unspecified atom stereocenters. The summed E-state index contributed by atoms with van der Waals surface area (Å²) in [6.45, 7) is 1.78. The van der Waals surface area contributed by atoms with Gasteiger partial charge in [-0.15, -0.1) is 0 Å². The summed E-state index contributed by atoms with van der Waals surface area (Å²) in [4.78, 5) is 6.49. The van der Waals surface area contributed by atoms with E-state index in [2.05, 4.69) is 9.88 Å². The smallest absolute Gasteiger partial charge is 0.131 e. The number of ether oxygens (including phenoxy) is 1. The lowest BCUT2D eigenvalue weighted by Crippen LogP contribution is -2.52. The van der Waals surface area contributed by atoms with E-state index >= 15 is 0 Å². The molecule has 0 aromatic carbocycles. The second kappa shape index (κ2) is 4.83. The Morgan fingerprint density at radius 1 is 1.35 bits per heavy atom. The van der Waals surface area contributed by atoms with Crippen molar-refractivity contribution in [2.24, 2.45) is 0 Å². The number of halogens is 1. The van der Waals surface area contributed by atoms with Crippen molar-refractivity contribution in [1.82, 2.24) is 4.98 Å². The highest BCUT2D eigenvalue weighted by Crippen LogP contribution is 2.32. The van der Waals surface area contributed by atoms with E-state index in [1.54, 1.807) is 6.20 Å². The molecule has 1 saturated heterocycles. The van der Waals surface area contributed by atoms with Gasteiger partial charge in [0.25, 0.3) is 0 Å². The number of pyridine rings is 1. The maximum atomic E-state index is 5.97. The maximum absolute atomic E-state index is 5.97. The lowest BCUT2D eigenvalue weighted by Gasteiger charge is -2.45. The first-order chi connectivity index (χ1) is 8.34. The molecule has 1 aliphatic heterocycles. The summed E-state index contributed by atoms with van der Waals surface area (Å²) < 4.78 is 5.87. The molecule has 2 aliphatic rings. The molecule has 17 heavy (non-hydrogen) atoms. The summed E-state index contributed by atoms with van der Waals surface area (Å²) in [5.41, 5.74) is 1.19. The molecule has 0 spiro atoms. The van der Waals surface area contributed by atoms with Gasteiger partial charge in [0.1, 0.15) is 5.15 Å². The van der Waals surface area contributed by atoms with Crippen molar-refractivity contribution in [3.05, 3.63) is 23.5 Å². The zero-order valence-corrected chi connectivity index (χ0v) is 10.6. The van der Waals surface area contributed by atoms with Crippen LogP contribution >= 0.6 is 11.6 Å². The van der Waals surface area contributed by atoms with Gasteiger partial charge in [0.05, 0.1) is 18.8 Å². The third kappa shape index (κ3) is 2.26. The minimum Gasteiger partial charge on any atom is -0.374 e. The Bertz CT molecular complexity index is 397. The minimum atomic E-state index is 0.407.